The summed E-state index contributed by atoms with van der Waals surface area (Å²) in [6.45, 7) is 5.38. The first-order valence-electron chi connectivity index (χ1n) is 10.6. The number of piperidine rings is 1. The number of benzene rings is 1. The second-order valence-electron chi connectivity index (χ2n) is 7.91. The summed E-state index contributed by atoms with van der Waals surface area (Å²) >= 11 is 7.71. The molecule has 3 heterocycles. The fourth-order valence-electron chi connectivity index (χ4n) is 3.98. The van der Waals surface area contributed by atoms with Crippen molar-refractivity contribution in [1.82, 2.24) is 9.88 Å². The zero-order chi connectivity index (χ0) is 21.6. The third-order valence-electron chi connectivity index (χ3n) is 5.87. The summed E-state index contributed by atoms with van der Waals surface area (Å²) in [5.74, 6) is 0.898. The van der Waals surface area contributed by atoms with Gasteiger partial charge >= 0.3 is 0 Å². The first kappa shape index (κ1) is 21.8. The average Bonchev–Trinajstić information content (AvgIpc) is 3.34. The molecule has 1 atom stereocenters. The van der Waals surface area contributed by atoms with Crippen molar-refractivity contribution in [2.75, 3.05) is 30.3 Å². The Morgan fingerprint density at radius 2 is 2.00 bits per heavy atom. The van der Waals surface area contributed by atoms with Crippen LogP contribution in [0.4, 0.5) is 11.5 Å². The van der Waals surface area contributed by atoms with Crippen LogP contribution in [0, 0.1) is 5.92 Å². The van der Waals surface area contributed by atoms with E-state index in [2.05, 4.69) is 45.0 Å². The van der Waals surface area contributed by atoms with Crippen LogP contribution in [0.5, 0.6) is 0 Å². The van der Waals surface area contributed by atoms with Crippen molar-refractivity contribution in [2.45, 2.75) is 25.8 Å². The number of aromatic nitrogens is 1. The largest absolute Gasteiger partial charge is 0.384 e. The fourth-order valence-corrected chi connectivity index (χ4v) is 4.91. The standard InChI is InChI=1S/C24H27ClN4OS/c1-17(22-7-4-14-31-22)29-12-10-18(11-13-29)15-26-21-6-3-2-5-20(21)24(30)28-23-9-8-19(25)16-27-23/h2-9,14,16-18,26H,10-13,15H2,1H3,(H,27,28,30)/t17-/m1/s1. The van der Waals surface area contributed by atoms with E-state index in [9.17, 15) is 4.79 Å². The van der Waals surface area contributed by atoms with E-state index >= 15 is 0 Å². The minimum atomic E-state index is -0.183. The number of hydrogen-bond donors (Lipinski definition) is 2. The first-order valence-corrected chi connectivity index (χ1v) is 11.9. The van der Waals surface area contributed by atoms with Crippen LogP contribution in [-0.2, 0) is 0 Å². The number of anilines is 2. The van der Waals surface area contributed by atoms with Gasteiger partial charge in [-0.05, 0) is 74.5 Å². The molecule has 31 heavy (non-hydrogen) atoms. The Balaban J connectivity index is 1.31. The molecule has 2 N–H and O–H groups in total. The Kier molecular flexibility index (Phi) is 7.22. The fraction of sp³-hybridized carbons (Fsp3) is 0.333. The third-order valence-corrected chi connectivity index (χ3v) is 7.14. The van der Waals surface area contributed by atoms with Crippen LogP contribution >= 0.6 is 22.9 Å². The van der Waals surface area contributed by atoms with Crippen molar-refractivity contribution in [2.24, 2.45) is 5.92 Å². The molecule has 1 aliphatic heterocycles. The monoisotopic (exact) mass is 454 g/mol. The molecule has 1 aliphatic rings. The van der Waals surface area contributed by atoms with Crippen LogP contribution in [0.1, 0.15) is 41.0 Å². The molecule has 0 bridgehead atoms. The molecule has 0 spiro atoms. The maximum atomic E-state index is 12.8. The number of nitrogens with zero attached hydrogens (tertiary/aromatic N) is 2. The number of carbonyl (C=O) groups excluding carboxylic acids is 1. The molecule has 4 rings (SSSR count). The van der Waals surface area contributed by atoms with Gasteiger partial charge in [0.05, 0.1) is 10.6 Å². The predicted molar refractivity (Wildman–Crippen MR) is 129 cm³/mol. The summed E-state index contributed by atoms with van der Waals surface area (Å²) in [4.78, 5) is 20.9. The van der Waals surface area contributed by atoms with Crippen molar-refractivity contribution < 1.29 is 4.79 Å². The SMILES string of the molecule is C[C@H](c1cccs1)N1CCC(CNc2ccccc2C(=O)Nc2ccc(Cl)cn2)CC1. The number of likely N-dealkylation sites (tertiary alicyclic amines) is 1. The summed E-state index contributed by atoms with van der Waals surface area (Å²) in [6, 6.07) is 15.9. The van der Waals surface area contributed by atoms with E-state index in [0.29, 0.717) is 28.4 Å². The minimum absolute atomic E-state index is 0.183. The molecule has 1 amide bonds. The summed E-state index contributed by atoms with van der Waals surface area (Å²) in [5.41, 5.74) is 1.46. The lowest BCUT2D eigenvalue weighted by molar-refractivity contribution is 0.102. The van der Waals surface area contributed by atoms with Gasteiger partial charge in [-0.25, -0.2) is 4.98 Å². The highest BCUT2D eigenvalue weighted by molar-refractivity contribution is 7.10. The van der Waals surface area contributed by atoms with Gasteiger partial charge in [0.2, 0.25) is 0 Å². The van der Waals surface area contributed by atoms with Crippen LogP contribution in [0.2, 0.25) is 5.02 Å². The number of pyridine rings is 1. The number of amides is 1. The minimum Gasteiger partial charge on any atom is -0.384 e. The molecule has 0 saturated carbocycles. The predicted octanol–water partition coefficient (Wildman–Crippen LogP) is 5.93. The van der Waals surface area contributed by atoms with Crippen LogP contribution < -0.4 is 10.6 Å². The van der Waals surface area contributed by atoms with Gasteiger partial charge in [-0.1, -0.05) is 29.8 Å². The molecule has 2 aromatic heterocycles. The van der Waals surface area contributed by atoms with Gasteiger partial charge < -0.3 is 10.6 Å². The van der Waals surface area contributed by atoms with Crippen LogP contribution in [0.25, 0.3) is 0 Å². The number of rotatable bonds is 7. The molecule has 162 valence electrons. The summed E-state index contributed by atoms with van der Waals surface area (Å²) in [7, 11) is 0. The number of carbonyl (C=O) groups is 1. The Labute approximate surface area is 192 Å². The Hall–Kier alpha value is -2.41. The van der Waals surface area contributed by atoms with Gasteiger partial charge in [-0.2, -0.15) is 0 Å². The van der Waals surface area contributed by atoms with E-state index in [1.807, 2.05) is 35.6 Å². The molecule has 1 fully saturated rings. The van der Waals surface area contributed by atoms with E-state index in [4.69, 9.17) is 11.6 Å². The molecule has 0 unspecified atom stereocenters. The van der Waals surface area contributed by atoms with Crippen molar-refractivity contribution in [1.29, 1.82) is 0 Å². The van der Waals surface area contributed by atoms with Gasteiger partial charge in [-0.3, -0.25) is 9.69 Å². The van der Waals surface area contributed by atoms with E-state index in [-0.39, 0.29) is 5.91 Å². The zero-order valence-corrected chi connectivity index (χ0v) is 19.1. The maximum absolute atomic E-state index is 12.8. The molecule has 3 aromatic rings. The number of nitrogens with one attached hydrogen (secondary N) is 2. The van der Waals surface area contributed by atoms with Gasteiger partial charge in [0.25, 0.3) is 5.91 Å². The summed E-state index contributed by atoms with van der Waals surface area (Å²) < 4.78 is 0. The quantitative estimate of drug-likeness (QED) is 0.464. The molecule has 1 saturated heterocycles. The molecule has 5 nitrogen and oxygen atoms in total. The lowest BCUT2D eigenvalue weighted by atomic mass is 9.95. The number of halogens is 1. The first-order chi connectivity index (χ1) is 15.1. The summed E-state index contributed by atoms with van der Waals surface area (Å²) in [5, 5.41) is 9.04. The van der Waals surface area contributed by atoms with E-state index < -0.39 is 0 Å². The molecule has 1 aromatic carbocycles. The lowest BCUT2D eigenvalue weighted by Crippen LogP contribution is -2.37. The van der Waals surface area contributed by atoms with Crippen molar-refractivity contribution >= 4 is 40.4 Å². The number of para-hydroxylation sites is 1. The highest BCUT2D eigenvalue weighted by atomic mass is 35.5. The normalized spacial score (nSPS) is 16.1. The topological polar surface area (TPSA) is 57.3 Å². The van der Waals surface area contributed by atoms with E-state index in [0.717, 1.165) is 38.2 Å². The third kappa shape index (κ3) is 5.64. The maximum Gasteiger partial charge on any atom is 0.258 e. The Bertz CT molecular complexity index is 985. The molecule has 0 aliphatic carbocycles. The second-order valence-corrected chi connectivity index (χ2v) is 9.33. The molecular formula is C24H27ClN4OS. The van der Waals surface area contributed by atoms with E-state index in [1.54, 1.807) is 12.1 Å². The molecule has 0 radical (unpaired) electrons. The summed E-state index contributed by atoms with van der Waals surface area (Å²) in [6.07, 6.45) is 3.84. The zero-order valence-electron chi connectivity index (χ0n) is 17.6. The smallest absolute Gasteiger partial charge is 0.258 e. The highest BCUT2D eigenvalue weighted by Gasteiger charge is 2.24. The second kappa shape index (κ2) is 10.3. The number of hydrogen-bond acceptors (Lipinski definition) is 5. The number of thiophene rings is 1. The molecular weight excluding hydrogens is 428 g/mol. The van der Waals surface area contributed by atoms with Gasteiger partial charge in [0.15, 0.2) is 0 Å². The van der Waals surface area contributed by atoms with Crippen LogP contribution in [0.15, 0.2) is 60.1 Å². The highest BCUT2D eigenvalue weighted by Crippen LogP contribution is 2.29. The molecule has 7 heteroatoms. The van der Waals surface area contributed by atoms with Gasteiger partial charge in [-0.15, -0.1) is 11.3 Å². The lowest BCUT2D eigenvalue weighted by Gasteiger charge is -2.36. The van der Waals surface area contributed by atoms with Gasteiger partial charge in [0, 0.05) is 29.3 Å². The van der Waals surface area contributed by atoms with Crippen molar-refractivity contribution in [3.63, 3.8) is 0 Å². The van der Waals surface area contributed by atoms with E-state index in [1.165, 1.54) is 11.1 Å². The van der Waals surface area contributed by atoms with Crippen LogP contribution in [-0.4, -0.2) is 35.4 Å². The van der Waals surface area contributed by atoms with Crippen LogP contribution in [0.3, 0.4) is 0 Å². The average molecular weight is 455 g/mol. The van der Waals surface area contributed by atoms with Gasteiger partial charge in [0.1, 0.15) is 5.82 Å². The van der Waals surface area contributed by atoms with Crippen molar-refractivity contribution in [3.8, 4) is 0 Å². The van der Waals surface area contributed by atoms with Crippen molar-refractivity contribution in [3.05, 3.63) is 75.6 Å². The Morgan fingerprint density at radius 3 is 2.71 bits per heavy atom. The Morgan fingerprint density at radius 1 is 1.19 bits per heavy atom.